The van der Waals surface area contributed by atoms with E-state index in [9.17, 15) is 87.9 Å². The number of aliphatic hydroxyl groups is 3. The highest BCUT2D eigenvalue weighted by Crippen LogP contribution is 2.25. The molecule has 2 aliphatic rings. The number of unbranched alkanes of at least 4 members (excludes halogenated alkanes) is 14. The molecule has 0 unspecified atom stereocenters. The number of nitrogens with one attached hydrogen (secondary N) is 17. The second-order valence-corrected chi connectivity index (χ2v) is 35.8. The van der Waals surface area contributed by atoms with Gasteiger partial charge < -0.3 is 137 Å². The van der Waals surface area contributed by atoms with Crippen LogP contribution in [0.1, 0.15) is 216 Å². The number of carboxylic acids is 2. The van der Waals surface area contributed by atoms with Gasteiger partial charge in [-0.25, -0.2) is 5.10 Å². The van der Waals surface area contributed by atoms with Gasteiger partial charge in [-0.1, -0.05) is 139 Å². The molecule has 6 rings (SSSR count). The molecule has 2 saturated heterocycles. The monoisotopic (exact) mass is 2030 g/mol. The van der Waals surface area contributed by atoms with Crippen LogP contribution in [0.25, 0.3) is 10.9 Å². The van der Waals surface area contributed by atoms with Gasteiger partial charge in [0.1, 0.15) is 78.9 Å². The number of tetrazole rings is 1. The normalized spacial score (nSPS) is 18.4. The largest absolute Gasteiger partial charge is 0.480 e. The molecule has 0 bridgehead atoms. The van der Waals surface area contributed by atoms with Crippen molar-refractivity contribution in [1.29, 1.82) is 5.41 Å². The molecule has 0 spiro atoms. The number of nitrogens with zero attached hydrogens (tertiary/aromatic N) is 5. The smallest absolute Gasteiger partial charge is 0.317 e. The minimum absolute atomic E-state index is 0.0254. The highest BCUT2D eigenvalue weighted by Gasteiger charge is 2.44. The lowest BCUT2D eigenvalue weighted by atomic mass is 10.0. The maximum Gasteiger partial charge on any atom is 0.317 e. The van der Waals surface area contributed by atoms with E-state index in [1.54, 1.807) is 67.7 Å². The standard InChI is InChI=1S/C94H147N25O25/c1-2-3-30-65(85(134)110-69-38-40-78(125)99-41-24-22-32-64(83(96)132)105-89(138)71(49-60-51-102-63-31-21-20-29-62(60)63)111-86(135)67(34-26-42-101-94(97)98)107-88(137)70(48-59-27-16-15-17-28-59)112-92(141)74-50-61(122)53-119(74)93(69)142)106-84(133)66(33-23-25-44-118(54-81(128)129)55-82(130)131)108-91(140)73(57-121)113-87(136)68(37-39-75(95)123)109-90(139)72(56-120)104-79(126)52-103-80(127)58-144-47-46-143-45-43-100-77(124)36-19-14-12-10-8-6-4-5-7-9-11-13-18-35-76-114-116-117-115-76/h15-17,20-21,27-29,31,51,61,64-74,102,120-122H,2-14,18-19,22-26,30,32-50,52-58H2,1H3,(H2,95,123)(H2,96,132)(H,99,125)(H,100,124)(H,103,127)(H,104,126)(H,105,138)(H,106,133)(H,107,137)(H,108,140)(H,109,139)(H,110,134)(H,111,135)(H,112,141)(H,113,136)(H,128,129)(H,130,131)(H4,97,98,101)(H,114,115,116,117)/t61-,64+,65+,66+,67+,68+,69+,70-,71+,72+,73+,74+/m1/s1. The van der Waals surface area contributed by atoms with Crippen molar-refractivity contribution < 1.29 is 121 Å². The third-order valence-corrected chi connectivity index (χ3v) is 24.1. The van der Waals surface area contributed by atoms with Gasteiger partial charge in [0.15, 0.2) is 5.96 Å². The number of fused-ring (bicyclic) bond motifs is 2. The van der Waals surface area contributed by atoms with Gasteiger partial charge in [-0.2, -0.15) is 0 Å². The maximum atomic E-state index is 15.5. The van der Waals surface area contributed by atoms with Crippen molar-refractivity contribution in [2.24, 2.45) is 17.2 Å². The molecule has 12 atom stereocenters. The Morgan fingerprint density at radius 1 is 0.569 bits per heavy atom. The zero-order valence-corrected chi connectivity index (χ0v) is 81.8. The molecule has 16 amide bonds. The Balaban J connectivity index is 1.12. The second-order valence-electron chi connectivity index (χ2n) is 35.8. The fraction of sp³-hybridized carbons (Fsp3) is 0.638. The summed E-state index contributed by atoms with van der Waals surface area (Å²) < 4.78 is 10.8. The number of aliphatic carboxylic acids is 2. The second kappa shape index (κ2) is 67.1. The Morgan fingerprint density at radius 3 is 1.78 bits per heavy atom. The van der Waals surface area contributed by atoms with Crippen LogP contribution in [0.3, 0.4) is 0 Å². The Kier molecular flexibility index (Phi) is 55.6. The molecular weight excluding hydrogens is 1880 g/mol. The lowest BCUT2D eigenvalue weighted by Gasteiger charge is -2.31. The summed E-state index contributed by atoms with van der Waals surface area (Å²) in [5, 5.41) is 110. The molecule has 144 heavy (non-hydrogen) atoms. The van der Waals surface area contributed by atoms with E-state index in [0.29, 0.717) is 34.9 Å². The van der Waals surface area contributed by atoms with Crippen LogP contribution in [0.5, 0.6) is 0 Å². The number of ether oxygens (including phenoxy) is 2. The first-order valence-corrected chi connectivity index (χ1v) is 49.5. The van der Waals surface area contributed by atoms with Gasteiger partial charge in [0, 0.05) is 88.2 Å². The van der Waals surface area contributed by atoms with E-state index in [1.165, 1.54) is 51.4 Å². The van der Waals surface area contributed by atoms with Crippen molar-refractivity contribution in [3.05, 3.63) is 77.7 Å². The van der Waals surface area contributed by atoms with E-state index < -0.39 is 264 Å². The van der Waals surface area contributed by atoms with Crippen molar-refractivity contribution in [2.75, 3.05) is 92.0 Å². The lowest BCUT2D eigenvalue weighted by molar-refractivity contribution is -0.143. The van der Waals surface area contributed by atoms with Crippen LogP contribution in [-0.4, -0.2) is 338 Å². The van der Waals surface area contributed by atoms with E-state index in [4.69, 9.17) is 32.1 Å². The first-order valence-electron chi connectivity index (χ1n) is 49.5. The molecule has 0 radical (unpaired) electrons. The highest BCUT2D eigenvalue weighted by atomic mass is 16.5. The number of hydrogen-bond donors (Lipinski definition) is 25. The molecule has 2 aromatic carbocycles. The number of guanidine groups is 1. The van der Waals surface area contributed by atoms with Crippen molar-refractivity contribution >= 4 is 123 Å². The number of para-hydroxylation sites is 1. The van der Waals surface area contributed by atoms with Crippen LogP contribution < -0.4 is 91.6 Å². The van der Waals surface area contributed by atoms with Gasteiger partial charge in [0.2, 0.25) is 94.5 Å². The predicted octanol–water partition coefficient (Wildman–Crippen LogP) is -3.84. The number of aromatic nitrogens is 5. The van der Waals surface area contributed by atoms with Crippen LogP contribution in [0.15, 0.2) is 60.8 Å². The molecule has 2 aromatic heterocycles. The van der Waals surface area contributed by atoms with Gasteiger partial charge in [0.25, 0.3) is 0 Å². The fourth-order valence-electron chi connectivity index (χ4n) is 16.3. The average Bonchev–Trinajstić information content (AvgIpc) is 1.48. The molecule has 28 N–H and O–H groups in total. The Hall–Kier alpha value is -13.5. The first-order chi connectivity index (χ1) is 69.1. The summed E-state index contributed by atoms with van der Waals surface area (Å²) in [4.78, 5) is 254. The number of carbonyl (C=O) groups excluding carboxylic acids is 16. The number of carbonyl (C=O) groups is 18. The summed E-state index contributed by atoms with van der Waals surface area (Å²) in [7, 11) is 0. The molecule has 4 heterocycles. The van der Waals surface area contributed by atoms with Gasteiger partial charge in [-0.15, -0.1) is 5.10 Å². The van der Waals surface area contributed by atoms with Crippen LogP contribution in [0, 0.1) is 5.41 Å². The average molecular weight is 2030 g/mol. The quantitative estimate of drug-likeness (QED) is 0.0114. The summed E-state index contributed by atoms with van der Waals surface area (Å²) in [6, 6.07) is -2.95. The van der Waals surface area contributed by atoms with Gasteiger partial charge in [-0.3, -0.25) is 96.6 Å². The summed E-state index contributed by atoms with van der Waals surface area (Å²) in [5.41, 5.74) is 18.7. The van der Waals surface area contributed by atoms with E-state index in [0.717, 1.165) is 54.1 Å². The van der Waals surface area contributed by atoms with Crippen LogP contribution >= 0.6 is 0 Å². The van der Waals surface area contributed by atoms with E-state index in [-0.39, 0.29) is 123 Å². The van der Waals surface area contributed by atoms with Crippen molar-refractivity contribution in [3.63, 3.8) is 0 Å². The van der Waals surface area contributed by atoms with Crippen molar-refractivity contribution in [3.8, 4) is 0 Å². The van der Waals surface area contributed by atoms with Crippen LogP contribution in [0.2, 0.25) is 0 Å². The molecule has 50 nitrogen and oxygen atoms in total. The summed E-state index contributed by atoms with van der Waals surface area (Å²) in [6.45, 7) is -3.70. The van der Waals surface area contributed by atoms with E-state index >= 15 is 24.0 Å². The summed E-state index contributed by atoms with van der Waals surface area (Å²) in [5.74, 6) is -17.6. The number of benzene rings is 2. The minimum Gasteiger partial charge on any atom is -0.480 e. The number of aliphatic hydroxyl groups excluding tert-OH is 3. The first kappa shape index (κ1) is 119. The van der Waals surface area contributed by atoms with Gasteiger partial charge in [0.05, 0.1) is 58.8 Å². The predicted molar refractivity (Wildman–Crippen MR) is 520 cm³/mol. The number of rotatable bonds is 63. The van der Waals surface area contributed by atoms with Gasteiger partial charge in [-0.05, 0) is 118 Å². The fourth-order valence-corrected chi connectivity index (χ4v) is 16.3. The zero-order valence-electron chi connectivity index (χ0n) is 81.8. The lowest BCUT2D eigenvalue weighted by Crippen LogP contribution is -2.61. The topological polar surface area (TPSA) is 774 Å². The number of hydrogen-bond acceptors (Lipinski definition) is 28. The SMILES string of the molecule is CCCC[C@H](NC(=O)[C@H](CCCCN(CC(=O)O)CC(=O)O)NC(=O)[C@H](CO)NC(=O)[C@H](CCC(N)=O)NC(=O)[C@H](CO)NC(=O)CNC(=O)COCCOCCNC(=O)CCCCCCCCCCCCCCCc1nnn[nH]1)C(=O)N[C@H]1CCC(=O)NCCCC[C@@H](C(N)=O)NC(=O)[C@H](Cc2c[nH]c3ccccc23)NC(=O)[C@H](CCCNC(=N)N)NC(=O)[C@@H](Cc2ccccc2)NC(=O)[C@@H]2C[C@@H](O)CN2C1=O. The number of carboxylic acid groups (broad SMARTS) is 2. The van der Waals surface area contributed by atoms with E-state index in [1.807, 2.05) is 0 Å². The molecule has 0 saturated carbocycles. The van der Waals surface area contributed by atoms with Crippen LogP contribution in [-0.2, 0) is 115 Å². The number of H-pyrrole nitrogens is 2. The molecule has 50 heteroatoms. The number of amides is 16. The number of aromatic amines is 2. The Bertz CT molecular complexity index is 4750. The molecule has 2 aliphatic heterocycles. The molecule has 0 aliphatic carbocycles. The maximum absolute atomic E-state index is 15.5. The summed E-state index contributed by atoms with van der Waals surface area (Å²) in [6.07, 6.45) is 13.0. The molecule has 2 fully saturated rings. The van der Waals surface area contributed by atoms with E-state index in [2.05, 4.69) is 100 Å². The molecule has 4 aromatic rings. The molecular formula is C94H147N25O25. The number of aryl methyl sites for hydroxylation is 1. The number of nitrogens with two attached hydrogens (primary N) is 3. The molecule has 798 valence electrons. The summed E-state index contributed by atoms with van der Waals surface area (Å²) >= 11 is 0. The Labute approximate surface area is 834 Å². The minimum atomic E-state index is -2.04. The van der Waals surface area contributed by atoms with Crippen molar-refractivity contribution in [1.82, 2.24) is 110 Å². The number of primary amides is 2. The zero-order chi connectivity index (χ0) is 105. The third-order valence-electron chi connectivity index (χ3n) is 24.1. The van der Waals surface area contributed by atoms with Crippen molar-refractivity contribution in [2.45, 2.75) is 291 Å². The highest BCUT2D eigenvalue weighted by molar-refractivity contribution is 6.01. The van der Waals surface area contributed by atoms with Crippen LogP contribution in [0.4, 0.5) is 0 Å². The van der Waals surface area contributed by atoms with Gasteiger partial charge >= 0.3 is 11.9 Å². The Morgan fingerprint density at radius 2 is 1.15 bits per heavy atom. The third kappa shape index (κ3) is 46.7.